The predicted octanol–water partition coefficient (Wildman–Crippen LogP) is 4.09. The van der Waals surface area contributed by atoms with Crippen LogP contribution in [0, 0.1) is 19.3 Å². The van der Waals surface area contributed by atoms with Crippen molar-refractivity contribution in [1.29, 1.82) is 0 Å². The van der Waals surface area contributed by atoms with Crippen LogP contribution in [0.15, 0.2) is 36.4 Å². The molecule has 0 unspecified atom stereocenters. The van der Waals surface area contributed by atoms with Crippen molar-refractivity contribution in [2.75, 3.05) is 19.8 Å². The van der Waals surface area contributed by atoms with Crippen LogP contribution < -0.4 is 9.47 Å². The molecular weight excluding hydrogens is 350 g/mol. The maximum absolute atomic E-state index is 13.0. The molecule has 4 nitrogen and oxygen atoms in total. The van der Waals surface area contributed by atoms with Crippen LogP contribution in [0.25, 0.3) is 0 Å². The SMILES string of the molecule is C#CCN(Cc1ccc(C)cc1)C(=O)c1cc(Cl)c2c(c1)OCCCO2. The maximum atomic E-state index is 13.0. The normalized spacial score (nSPS) is 12.8. The molecule has 2 aromatic carbocycles. The molecule has 26 heavy (non-hydrogen) atoms. The summed E-state index contributed by atoms with van der Waals surface area (Å²) in [5.74, 6) is 3.34. The van der Waals surface area contributed by atoms with E-state index in [1.165, 1.54) is 5.56 Å². The number of hydrogen-bond donors (Lipinski definition) is 0. The average molecular weight is 370 g/mol. The fourth-order valence-electron chi connectivity index (χ4n) is 2.76. The largest absolute Gasteiger partial charge is 0.489 e. The molecule has 1 heterocycles. The molecule has 2 aromatic rings. The van der Waals surface area contributed by atoms with E-state index in [2.05, 4.69) is 5.92 Å². The number of carbonyl (C=O) groups excluding carboxylic acids is 1. The Morgan fingerprint density at radius 1 is 1.23 bits per heavy atom. The summed E-state index contributed by atoms with van der Waals surface area (Å²) in [5, 5.41) is 0.365. The second kappa shape index (κ2) is 8.16. The van der Waals surface area contributed by atoms with Gasteiger partial charge in [0.1, 0.15) is 0 Å². The average Bonchev–Trinajstić information content (AvgIpc) is 2.88. The van der Waals surface area contributed by atoms with Crippen molar-refractivity contribution >= 4 is 17.5 Å². The molecule has 0 bridgehead atoms. The summed E-state index contributed by atoms with van der Waals surface area (Å²) in [4.78, 5) is 14.6. The van der Waals surface area contributed by atoms with E-state index in [1.807, 2.05) is 31.2 Å². The Bertz CT molecular complexity index is 840. The third-order valence-corrected chi connectivity index (χ3v) is 4.39. The number of terminal acetylenes is 1. The third-order valence-electron chi connectivity index (χ3n) is 4.11. The molecule has 1 aliphatic heterocycles. The molecule has 0 radical (unpaired) electrons. The summed E-state index contributed by atoms with van der Waals surface area (Å²) in [6.07, 6.45) is 6.24. The summed E-state index contributed by atoms with van der Waals surface area (Å²) >= 11 is 6.31. The fraction of sp³-hybridized carbons (Fsp3) is 0.286. The molecule has 5 heteroatoms. The van der Waals surface area contributed by atoms with Crippen LogP contribution in [0.1, 0.15) is 27.9 Å². The van der Waals surface area contributed by atoms with E-state index < -0.39 is 0 Å². The minimum atomic E-state index is -0.193. The van der Waals surface area contributed by atoms with Gasteiger partial charge in [0.15, 0.2) is 11.5 Å². The molecule has 1 amide bonds. The first-order valence-corrected chi connectivity index (χ1v) is 8.83. The lowest BCUT2D eigenvalue weighted by atomic mass is 10.1. The highest BCUT2D eigenvalue weighted by Crippen LogP contribution is 2.38. The molecule has 0 aromatic heterocycles. The highest BCUT2D eigenvalue weighted by Gasteiger charge is 2.21. The number of carbonyl (C=O) groups is 1. The summed E-state index contributed by atoms with van der Waals surface area (Å²) in [7, 11) is 0. The molecule has 0 saturated heterocycles. The Balaban J connectivity index is 1.87. The van der Waals surface area contributed by atoms with Gasteiger partial charge in [-0.05, 0) is 24.6 Å². The van der Waals surface area contributed by atoms with Gasteiger partial charge in [-0.15, -0.1) is 6.42 Å². The molecule has 1 aliphatic rings. The molecule has 0 spiro atoms. The highest BCUT2D eigenvalue weighted by atomic mass is 35.5. The summed E-state index contributed by atoms with van der Waals surface area (Å²) in [5.41, 5.74) is 2.61. The minimum Gasteiger partial charge on any atom is -0.489 e. The molecular formula is C21H20ClNO3. The number of nitrogens with zero attached hydrogens (tertiary/aromatic N) is 1. The van der Waals surface area contributed by atoms with Gasteiger partial charge in [0.2, 0.25) is 0 Å². The summed E-state index contributed by atoms with van der Waals surface area (Å²) < 4.78 is 11.3. The predicted molar refractivity (Wildman–Crippen MR) is 102 cm³/mol. The zero-order chi connectivity index (χ0) is 18.5. The van der Waals surface area contributed by atoms with E-state index in [1.54, 1.807) is 17.0 Å². The fourth-order valence-corrected chi connectivity index (χ4v) is 3.03. The monoisotopic (exact) mass is 369 g/mol. The molecule has 0 saturated carbocycles. The number of ether oxygens (including phenoxy) is 2. The first-order valence-electron chi connectivity index (χ1n) is 8.46. The van der Waals surface area contributed by atoms with Crippen molar-refractivity contribution in [3.63, 3.8) is 0 Å². The van der Waals surface area contributed by atoms with Crippen LogP contribution in [-0.2, 0) is 6.54 Å². The Kier molecular flexibility index (Phi) is 5.70. The van der Waals surface area contributed by atoms with Gasteiger partial charge in [-0.2, -0.15) is 0 Å². The van der Waals surface area contributed by atoms with Crippen molar-refractivity contribution in [1.82, 2.24) is 4.90 Å². The molecule has 0 N–H and O–H groups in total. The summed E-state index contributed by atoms with van der Waals surface area (Å²) in [6, 6.07) is 11.3. The molecule has 0 fully saturated rings. The third kappa shape index (κ3) is 4.12. The van der Waals surface area contributed by atoms with E-state index in [0.29, 0.717) is 41.8 Å². The van der Waals surface area contributed by atoms with Crippen LogP contribution in [0.2, 0.25) is 5.02 Å². The van der Waals surface area contributed by atoms with Crippen LogP contribution in [-0.4, -0.2) is 30.6 Å². The van der Waals surface area contributed by atoms with Gasteiger partial charge in [-0.1, -0.05) is 47.4 Å². The Labute approximate surface area is 158 Å². The zero-order valence-electron chi connectivity index (χ0n) is 14.6. The van der Waals surface area contributed by atoms with Gasteiger partial charge in [-0.3, -0.25) is 4.79 Å². The number of halogens is 1. The topological polar surface area (TPSA) is 38.8 Å². The van der Waals surface area contributed by atoms with Crippen LogP contribution in [0.3, 0.4) is 0 Å². The van der Waals surface area contributed by atoms with Crippen molar-refractivity contribution in [2.24, 2.45) is 0 Å². The maximum Gasteiger partial charge on any atom is 0.255 e. The molecule has 3 rings (SSSR count). The van der Waals surface area contributed by atoms with Crippen LogP contribution >= 0.6 is 11.6 Å². The van der Waals surface area contributed by atoms with Crippen molar-refractivity contribution in [3.05, 3.63) is 58.1 Å². The van der Waals surface area contributed by atoms with E-state index in [0.717, 1.165) is 12.0 Å². The quantitative estimate of drug-likeness (QED) is 0.762. The second-order valence-corrected chi connectivity index (χ2v) is 6.59. The van der Waals surface area contributed by atoms with Crippen molar-refractivity contribution in [2.45, 2.75) is 19.9 Å². The number of rotatable bonds is 4. The van der Waals surface area contributed by atoms with Gasteiger partial charge in [0, 0.05) is 18.5 Å². The Morgan fingerprint density at radius 3 is 2.69 bits per heavy atom. The van der Waals surface area contributed by atoms with Crippen molar-refractivity contribution in [3.8, 4) is 23.8 Å². The van der Waals surface area contributed by atoms with E-state index in [9.17, 15) is 4.79 Å². The Morgan fingerprint density at radius 2 is 1.96 bits per heavy atom. The molecule has 134 valence electrons. The lowest BCUT2D eigenvalue weighted by molar-refractivity contribution is 0.0765. The lowest BCUT2D eigenvalue weighted by Gasteiger charge is -2.21. The number of amides is 1. The first kappa shape index (κ1) is 18.2. The van der Waals surface area contributed by atoms with E-state index >= 15 is 0 Å². The van der Waals surface area contributed by atoms with Crippen LogP contribution in [0.4, 0.5) is 0 Å². The van der Waals surface area contributed by atoms with Crippen LogP contribution in [0.5, 0.6) is 11.5 Å². The van der Waals surface area contributed by atoms with Gasteiger partial charge in [0.25, 0.3) is 5.91 Å². The molecule has 0 atom stereocenters. The second-order valence-electron chi connectivity index (χ2n) is 6.19. The lowest BCUT2D eigenvalue weighted by Crippen LogP contribution is -2.31. The van der Waals surface area contributed by atoms with E-state index in [4.69, 9.17) is 27.5 Å². The van der Waals surface area contributed by atoms with Gasteiger partial charge in [0.05, 0.1) is 24.8 Å². The van der Waals surface area contributed by atoms with Crippen molar-refractivity contribution < 1.29 is 14.3 Å². The smallest absolute Gasteiger partial charge is 0.255 e. The number of hydrogen-bond acceptors (Lipinski definition) is 3. The van der Waals surface area contributed by atoms with Gasteiger partial charge >= 0.3 is 0 Å². The number of benzene rings is 2. The zero-order valence-corrected chi connectivity index (χ0v) is 15.4. The van der Waals surface area contributed by atoms with E-state index in [-0.39, 0.29) is 12.5 Å². The highest BCUT2D eigenvalue weighted by molar-refractivity contribution is 6.32. The Hall–Kier alpha value is -2.64. The minimum absolute atomic E-state index is 0.193. The van der Waals surface area contributed by atoms with Gasteiger partial charge in [-0.25, -0.2) is 0 Å². The number of fused-ring (bicyclic) bond motifs is 1. The summed E-state index contributed by atoms with van der Waals surface area (Å²) in [6.45, 7) is 3.72. The molecule has 0 aliphatic carbocycles. The standard InChI is InChI=1S/C21H20ClNO3/c1-3-9-23(14-16-7-5-15(2)6-8-16)21(24)17-12-18(22)20-19(13-17)25-10-4-11-26-20/h1,5-8,12-13H,4,9-11,14H2,2H3. The van der Waals surface area contributed by atoms with Gasteiger partial charge < -0.3 is 14.4 Å². The first-order chi connectivity index (χ1) is 12.6. The number of aryl methyl sites for hydroxylation is 1.